The fourth-order valence-electron chi connectivity index (χ4n) is 2.90. The van der Waals surface area contributed by atoms with Crippen molar-refractivity contribution in [2.45, 2.75) is 24.2 Å². The quantitative estimate of drug-likeness (QED) is 0.391. The molecule has 1 aliphatic rings. The third kappa shape index (κ3) is 6.39. The molecule has 0 radical (unpaired) electrons. The Morgan fingerprint density at radius 1 is 0.962 bits per heavy atom. The summed E-state index contributed by atoms with van der Waals surface area (Å²) in [5, 5.41) is 3.44. The summed E-state index contributed by atoms with van der Waals surface area (Å²) in [4.78, 5) is 7.92. The van der Waals surface area contributed by atoms with Crippen molar-refractivity contribution in [1.82, 2.24) is 4.90 Å². The van der Waals surface area contributed by atoms with Gasteiger partial charge in [-0.3, -0.25) is 9.20 Å². The molecule has 0 saturated carbocycles. The second-order valence-electron chi connectivity index (χ2n) is 6.11. The van der Waals surface area contributed by atoms with Crippen molar-refractivity contribution in [1.29, 1.82) is 0 Å². The first-order valence-corrected chi connectivity index (χ1v) is 10.2. The zero-order chi connectivity index (χ0) is 17.3. The highest BCUT2D eigenvalue weighted by molar-refractivity contribution is 14.0. The predicted octanol–water partition coefficient (Wildman–Crippen LogP) is 4.37. The molecule has 0 aromatic heterocycles. The maximum absolute atomic E-state index is 12.4. The van der Waals surface area contributed by atoms with Gasteiger partial charge in [0, 0.05) is 29.4 Å². The third-order valence-electron chi connectivity index (χ3n) is 4.23. The summed E-state index contributed by atoms with van der Waals surface area (Å²) in [5.74, 6) is 1.44. The number of hydrogen-bond acceptors (Lipinski definition) is 2. The maximum Gasteiger partial charge on any atom is 0.198 e. The Labute approximate surface area is 175 Å². The van der Waals surface area contributed by atoms with Gasteiger partial charge in [0.05, 0.1) is 17.3 Å². The molecule has 1 N–H and O–H groups in total. The van der Waals surface area contributed by atoms with E-state index in [1.807, 2.05) is 60.7 Å². The molecule has 0 aliphatic carbocycles. The highest BCUT2D eigenvalue weighted by Gasteiger charge is 2.15. The van der Waals surface area contributed by atoms with Crippen LogP contribution in [0.5, 0.6) is 0 Å². The molecule has 1 atom stereocenters. The molecule has 2 aromatic carbocycles. The van der Waals surface area contributed by atoms with Crippen LogP contribution in [0.1, 0.15) is 19.3 Å². The topological polar surface area (TPSA) is 44.7 Å². The molecule has 26 heavy (non-hydrogen) atoms. The molecule has 0 amide bonds. The van der Waals surface area contributed by atoms with Gasteiger partial charge in [0.25, 0.3) is 0 Å². The SMILES string of the molecule is I.O=S(CCN=C(Nc1ccccc1)N1CCCCC1)c1ccccc1. The molecule has 1 unspecified atom stereocenters. The average Bonchev–Trinajstić information content (AvgIpc) is 2.69. The number of nitrogens with one attached hydrogen (secondary N) is 1. The van der Waals surface area contributed by atoms with E-state index in [0.717, 1.165) is 29.6 Å². The van der Waals surface area contributed by atoms with Crippen molar-refractivity contribution >= 4 is 46.4 Å². The lowest BCUT2D eigenvalue weighted by Gasteiger charge is -2.30. The molecule has 6 heteroatoms. The molecule has 3 rings (SSSR count). The molecule has 1 saturated heterocycles. The van der Waals surface area contributed by atoms with Crippen LogP contribution >= 0.6 is 24.0 Å². The van der Waals surface area contributed by atoms with E-state index in [4.69, 9.17) is 4.99 Å². The van der Waals surface area contributed by atoms with E-state index in [1.54, 1.807) is 0 Å². The molecule has 140 valence electrons. The number of halogens is 1. The zero-order valence-electron chi connectivity index (χ0n) is 14.8. The summed E-state index contributed by atoms with van der Waals surface area (Å²) in [6, 6.07) is 19.7. The number of anilines is 1. The fourth-order valence-corrected chi connectivity index (χ4v) is 3.85. The van der Waals surface area contributed by atoms with Crippen LogP contribution in [0.15, 0.2) is 70.6 Å². The molecule has 0 spiro atoms. The second kappa shape index (κ2) is 11.3. The molecular formula is C20H26IN3OS. The smallest absolute Gasteiger partial charge is 0.198 e. The number of piperidine rings is 1. The van der Waals surface area contributed by atoms with Gasteiger partial charge >= 0.3 is 0 Å². The zero-order valence-corrected chi connectivity index (χ0v) is 18.0. The summed E-state index contributed by atoms with van der Waals surface area (Å²) >= 11 is 0. The number of para-hydroxylation sites is 1. The van der Waals surface area contributed by atoms with Gasteiger partial charge < -0.3 is 10.2 Å². The van der Waals surface area contributed by atoms with Crippen LogP contribution in [-0.4, -0.2) is 40.5 Å². The van der Waals surface area contributed by atoms with Crippen molar-refractivity contribution in [2.24, 2.45) is 4.99 Å². The Bertz CT molecular complexity index is 704. The Hall–Kier alpha value is -1.41. The minimum atomic E-state index is -1.00. The molecule has 2 aromatic rings. The minimum Gasteiger partial charge on any atom is -0.343 e. The fraction of sp³-hybridized carbons (Fsp3) is 0.350. The largest absolute Gasteiger partial charge is 0.343 e. The van der Waals surface area contributed by atoms with Crippen molar-refractivity contribution < 1.29 is 4.21 Å². The molecule has 0 bridgehead atoms. The van der Waals surface area contributed by atoms with Crippen LogP contribution < -0.4 is 5.32 Å². The lowest BCUT2D eigenvalue weighted by molar-refractivity contribution is 0.340. The number of guanidine groups is 1. The summed E-state index contributed by atoms with van der Waals surface area (Å²) in [7, 11) is -1.00. The Morgan fingerprint density at radius 2 is 1.58 bits per heavy atom. The van der Waals surface area contributed by atoms with E-state index >= 15 is 0 Å². The van der Waals surface area contributed by atoms with E-state index in [9.17, 15) is 4.21 Å². The molecule has 1 heterocycles. The number of likely N-dealkylation sites (tertiary alicyclic amines) is 1. The van der Waals surface area contributed by atoms with Crippen molar-refractivity contribution in [3.8, 4) is 0 Å². The summed E-state index contributed by atoms with van der Waals surface area (Å²) in [5.41, 5.74) is 1.04. The van der Waals surface area contributed by atoms with Crippen LogP contribution in [0.25, 0.3) is 0 Å². The van der Waals surface area contributed by atoms with Gasteiger partial charge in [-0.1, -0.05) is 36.4 Å². The van der Waals surface area contributed by atoms with Crippen LogP contribution in [-0.2, 0) is 10.8 Å². The Balaban J connectivity index is 0.00000243. The van der Waals surface area contributed by atoms with Gasteiger partial charge in [-0.15, -0.1) is 24.0 Å². The van der Waals surface area contributed by atoms with E-state index in [-0.39, 0.29) is 24.0 Å². The van der Waals surface area contributed by atoms with E-state index in [0.29, 0.717) is 12.3 Å². The summed E-state index contributed by atoms with van der Waals surface area (Å²) in [6.45, 7) is 2.61. The van der Waals surface area contributed by atoms with Crippen LogP contribution in [0.2, 0.25) is 0 Å². The average molecular weight is 483 g/mol. The number of aliphatic imine (C=N–C) groups is 1. The molecule has 1 aliphatic heterocycles. The highest BCUT2D eigenvalue weighted by atomic mass is 127. The molecule has 4 nitrogen and oxygen atoms in total. The van der Waals surface area contributed by atoms with Crippen molar-refractivity contribution in [3.63, 3.8) is 0 Å². The first-order chi connectivity index (χ1) is 12.3. The number of rotatable bonds is 5. The predicted molar refractivity (Wildman–Crippen MR) is 121 cm³/mol. The molecular weight excluding hydrogens is 457 g/mol. The van der Waals surface area contributed by atoms with Gasteiger partial charge in [-0.25, -0.2) is 0 Å². The first kappa shape index (κ1) is 20.9. The van der Waals surface area contributed by atoms with Gasteiger partial charge in [0.15, 0.2) is 5.96 Å². The van der Waals surface area contributed by atoms with Gasteiger partial charge in [-0.2, -0.15) is 0 Å². The monoisotopic (exact) mass is 483 g/mol. The van der Waals surface area contributed by atoms with Crippen LogP contribution in [0, 0.1) is 0 Å². The Kier molecular flexibility index (Phi) is 9.11. The lowest BCUT2D eigenvalue weighted by Crippen LogP contribution is -2.40. The standard InChI is InChI=1S/C20H25N3OS.HI/c24-25(19-12-6-2-7-13-19)17-14-21-20(23-15-8-3-9-16-23)22-18-10-4-1-5-11-18;/h1-2,4-7,10-13H,3,8-9,14-17H2,(H,21,22);1H. The van der Waals surface area contributed by atoms with Crippen LogP contribution in [0.3, 0.4) is 0 Å². The minimum absolute atomic E-state index is 0. The van der Waals surface area contributed by atoms with E-state index < -0.39 is 10.8 Å². The van der Waals surface area contributed by atoms with Crippen molar-refractivity contribution in [3.05, 3.63) is 60.7 Å². The van der Waals surface area contributed by atoms with Crippen molar-refractivity contribution in [2.75, 3.05) is 30.7 Å². The van der Waals surface area contributed by atoms with Crippen LogP contribution in [0.4, 0.5) is 5.69 Å². The Morgan fingerprint density at radius 3 is 2.23 bits per heavy atom. The first-order valence-electron chi connectivity index (χ1n) is 8.88. The third-order valence-corrected chi connectivity index (χ3v) is 5.58. The number of benzene rings is 2. The van der Waals surface area contributed by atoms with Gasteiger partial charge in [0.2, 0.25) is 0 Å². The number of hydrogen-bond donors (Lipinski definition) is 1. The summed E-state index contributed by atoms with van der Waals surface area (Å²) in [6.07, 6.45) is 3.68. The summed E-state index contributed by atoms with van der Waals surface area (Å²) < 4.78 is 12.4. The van der Waals surface area contributed by atoms with E-state index in [1.165, 1.54) is 19.3 Å². The number of nitrogens with zero attached hydrogens (tertiary/aromatic N) is 2. The van der Waals surface area contributed by atoms with Gasteiger partial charge in [0.1, 0.15) is 0 Å². The normalized spacial score (nSPS) is 15.8. The maximum atomic E-state index is 12.4. The molecule has 1 fully saturated rings. The van der Waals surface area contributed by atoms with E-state index in [2.05, 4.69) is 10.2 Å². The highest BCUT2D eigenvalue weighted by Crippen LogP contribution is 2.13. The second-order valence-corrected chi connectivity index (χ2v) is 7.68. The van der Waals surface area contributed by atoms with Gasteiger partial charge in [-0.05, 0) is 43.5 Å². The lowest BCUT2D eigenvalue weighted by atomic mass is 10.1.